The number of aromatic nitrogens is 2. The maximum absolute atomic E-state index is 13.3. The van der Waals surface area contributed by atoms with Gasteiger partial charge in [0, 0.05) is 43.0 Å². The lowest BCUT2D eigenvalue weighted by Crippen LogP contribution is -2.38. The molecule has 1 aromatic carbocycles. The summed E-state index contributed by atoms with van der Waals surface area (Å²) in [5, 5.41) is 10.5. The number of piperidine rings is 1. The highest BCUT2D eigenvalue weighted by molar-refractivity contribution is 5.97. The fourth-order valence-electron chi connectivity index (χ4n) is 4.31. The van der Waals surface area contributed by atoms with Gasteiger partial charge in [0.05, 0.1) is 0 Å². The topological polar surface area (TPSA) is 90.4 Å². The number of amides is 2. The smallest absolute Gasteiger partial charge is 0.321 e. The van der Waals surface area contributed by atoms with Crippen molar-refractivity contribution in [1.29, 1.82) is 0 Å². The minimum absolute atomic E-state index is 0.0172. The lowest BCUT2D eigenvalue weighted by Gasteiger charge is -2.26. The molecule has 2 amide bonds. The van der Waals surface area contributed by atoms with Crippen LogP contribution >= 0.6 is 0 Å². The summed E-state index contributed by atoms with van der Waals surface area (Å²) >= 11 is 0. The number of aromatic amines is 1. The maximum Gasteiger partial charge on any atom is 0.321 e. The number of urea groups is 1. The van der Waals surface area contributed by atoms with Crippen molar-refractivity contribution in [1.82, 2.24) is 15.1 Å². The first-order valence-electron chi connectivity index (χ1n) is 11.1. The molecule has 2 aliphatic heterocycles. The zero-order valence-electron chi connectivity index (χ0n) is 17.5. The van der Waals surface area contributed by atoms with Crippen molar-refractivity contribution in [2.24, 2.45) is 4.99 Å². The van der Waals surface area contributed by atoms with E-state index in [1.165, 1.54) is 19.3 Å². The summed E-state index contributed by atoms with van der Waals surface area (Å²) in [7, 11) is 0. The van der Waals surface area contributed by atoms with Crippen LogP contribution in [0.2, 0.25) is 0 Å². The normalized spacial score (nSPS) is 22.6. The molecule has 1 atom stereocenters. The van der Waals surface area contributed by atoms with Crippen LogP contribution in [0.3, 0.4) is 0 Å². The second-order valence-electron chi connectivity index (χ2n) is 8.66. The number of carbonyl (C=O) groups is 2. The molecule has 1 saturated carbocycles. The average Bonchev–Trinajstić information content (AvgIpc) is 3.31. The number of aliphatic imine (C=N–C) groups is 1. The minimum atomic E-state index is -1.05. The van der Waals surface area contributed by atoms with Gasteiger partial charge in [0.15, 0.2) is 11.3 Å². The molecule has 3 aliphatic rings. The molecule has 1 saturated heterocycles. The number of ketones is 1. The number of Topliss-reactive ketones (excluding diaryl/α,β-unsaturated/α-hetero) is 1. The molecule has 7 heteroatoms. The monoisotopic (exact) mass is 417 g/mol. The van der Waals surface area contributed by atoms with Crippen LogP contribution in [0.15, 0.2) is 47.5 Å². The Morgan fingerprint density at radius 1 is 1.13 bits per heavy atom. The number of benzene rings is 1. The molecule has 2 fully saturated rings. The van der Waals surface area contributed by atoms with E-state index in [4.69, 9.17) is 0 Å². The quantitative estimate of drug-likeness (QED) is 0.746. The molecular weight excluding hydrogens is 390 g/mol. The molecule has 1 unspecified atom stereocenters. The van der Waals surface area contributed by atoms with E-state index in [0.29, 0.717) is 11.6 Å². The predicted octanol–water partition coefficient (Wildman–Crippen LogP) is 3.95. The lowest BCUT2D eigenvalue weighted by atomic mass is 9.87. The number of carbonyl (C=O) groups excluding carboxylic acids is 2. The number of likely N-dealkylation sites (tertiary alicyclic amines) is 1. The van der Waals surface area contributed by atoms with Crippen LogP contribution in [0.1, 0.15) is 55.0 Å². The van der Waals surface area contributed by atoms with Crippen LogP contribution in [0.25, 0.3) is 0 Å². The largest absolute Gasteiger partial charge is 0.325 e. The molecule has 1 aliphatic carbocycles. The first-order valence-corrected chi connectivity index (χ1v) is 11.1. The lowest BCUT2D eigenvalue weighted by molar-refractivity contribution is -0.122. The summed E-state index contributed by atoms with van der Waals surface area (Å²) < 4.78 is 0. The van der Waals surface area contributed by atoms with Gasteiger partial charge in [-0.25, -0.2) is 4.79 Å². The van der Waals surface area contributed by atoms with Crippen LogP contribution < -0.4 is 5.32 Å². The number of rotatable bonds is 6. The SMILES string of the molecule is O=C(Nc1ccc(CC(=O)C2(c3cc(C4CC4)[nH]n3)C=CC=N2)cc1)N1CCCCC1. The van der Waals surface area contributed by atoms with E-state index in [9.17, 15) is 9.59 Å². The Bertz CT molecular complexity index is 1010. The molecule has 0 bridgehead atoms. The second kappa shape index (κ2) is 8.13. The fraction of sp³-hybridized carbons (Fsp3) is 0.417. The number of nitrogens with zero attached hydrogens (tertiary/aromatic N) is 3. The van der Waals surface area contributed by atoms with Crippen molar-refractivity contribution in [3.63, 3.8) is 0 Å². The molecule has 1 aromatic heterocycles. The zero-order chi connectivity index (χ0) is 21.3. The Balaban J connectivity index is 1.26. The van der Waals surface area contributed by atoms with Gasteiger partial charge in [0.2, 0.25) is 0 Å². The van der Waals surface area contributed by atoms with Crippen molar-refractivity contribution < 1.29 is 9.59 Å². The van der Waals surface area contributed by atoms with Gasteiger partial charge in [0.1, 0.15) is 5.69 Å². The Morgan fingerprint density at radius 3 is 2.58 bits per heavy atom. The first kappa shape index (κ1) is 19.7. The predicted molar refractivity (Wildman–Crippen MR) is 119 cm³/mol. The van der Waals surface area contributed by atoms with Gasteiger partial charge in [-0.2, -0.15) is 5.10 Å². The number of nitrogens with one attached hydrogen (secondary N) is 2. The molecule has 3 heterocycles. The van der Waals surface area contributed by atoms with E-state index in [2.05, 4.69) is 20.5 Å². The van der Waals surface area contributed by atoms with Crippen molar-refractivity contribution in [2.45, 2.75) is 50.0 Å². The van der Waals surface area contributed by atoms with Crippen LogP contribution in [0, 0.1) is 0 Å². The molecule has 31 heavy (non-hydrogen) atoms. The number of allylic oxidation sites excluding steroid dienone is 1. The van der Waals surface area contributed by atoms with E-state index < -0.39 is 5.54 Å². The summed E-state index contributed by atoms with van der Waals surface area (Å²) in [6, 6.07) is 9.41. The number of hydrogen-bond donors (Lipinski definition) is 2. The van der Waals surface area contributed by atoms with Crippen LogP contribution in [-0.4, -0.2) is 46.2 Å². The second-order valence-corrected chi connectivity index (χ2v) is 8.66. The molecule has 2 N–H and O–H groups in total. The van der Waals surface area contributed by atoms with Crippen LogP contribution in [-0.2, 0) is 16.8 Å². The zero-order valence-corrected chi connectivity index (χ0v) is 17.5. The van der Waals surface area contributed by atoms with E-state index in [1.54, 1.807) is 6.21 Å². The summed E-state index contributed by atoms with van der Waals surface area (Å²) in [5.74, 6) is 0.520. The van der Waals surface area contributed by atoms with Gasteiger partial charge in [0.25, 0.3) is 0 Å². The molecule has 0 radical (unpaired) electrons. The summed E-state index contributed by atoms with van der Waals surface area (Å²) in [4.78, 5) is 32.1. The van der Waals surface area contributed by atoms with Crippen molar-refractivity contribution >= 4 is 23.7 Å². The van der Waals surface area contributed by atoms with E-state index in [1.807, 2.05) is 47.4 Å². The molecule has 7 nitrogen and oxygen atoms in total. The van der Waals surface area contributed by atoms with Gasteiger partial charge < -0.3 is 10.2 Å². The molecule has 0 spiro atoms. The third-order valence-corrected chi connectivity index (χ3v) is 6.35. The Labute approximate surface area is 181 Å². The summed E-state index contributed by atoms with van der Waals surface area (Å²) in [5.41, 5.74) is 2.32. The highest BCUT2D eigenvalue weighted by atomic mass is 16.2. The fourth-order valence-corrected chi connectivity index (χ4v) is 4.31. The summed E-state index contributed by atoms with van der Waals surface area (Å²) in [6.07, 6.45) is 11.2. The van der Waals surface area contributed by atoms with Crippen molar-refractivity contribution in [3.8, 4) is 0 Å². The van der Waals surface area contributed by atoms with Gasteiger partial charge in [-0.05, 0) is 68.0 Å². The number of hydrogen-bond acceptors (Lipinski definition) is 4. The van der Waals surface area contributed by atoms with E-state index in [0.717, 1.165) is 42.9 Å². The summed E-state index contributed by atoms with van der Waals surface area (Å²) in [6.45, 7) is 1.62. The highest BCUT2D eigenvalue weighted by Gasteiger charge is 2.41. The maximum atomic E-state index is 13.3. The average molecular weight is 418 g/mol. The molecule has 160 valence electrons. The minimum Gasteiger partial charge on any atom is -0.325 e. The van der Waals surface area contributed by atoms with Crippen molar-refractivity contribution in [2.75, 3.05) is 18.4 Å². The third kappa shape index (κ3) is 4.04. The Kier molecular flexibility index (Phi) is 5.18. The van der Waals surface area contributed by atoms with E-state index >= 15 is 0 Å². The third-order valence-electron chi connectivity index (χ3n) is 6.35. The highest BCUT2D eigenvalue weighted by Crippen LogP contribution is 2.41. The standard InChI is InChI=1S/C24H27N5O2/c30-22(24(11-4-12-25-24)21-16-20(27-28-21)18-7-8-18)15-17-5-9-19(10-6-17)26-23(31)29-13-2-1-3-14-29/h4-6,9-12,16,18H,1-3,7-8,13-15H2,(H,26,31)(H,27,28). The first-order chi connectivity index (χ1) is 15.1. The molecular formula is C24H27N5O2. The van der Waals surface area contributed by atoms with Crippen molar-refractivity contribution in [3.05, 3.63) is 59.4 Å². The molecule has 5 rings (SSSR count). The van der Waals surface area contributed by atoms with Gasteiger partial charge >= 0.3 is 6.03 Å². The van der Waals surface area contributed by atoms with Gasteiger partial charge in [-0.1, -0.05) is 12.1 Å². The van der Waals surface area contributed by atoms with Crippen LogP contribution in [0.4, 0.5) is 10.5 Å². The van der Waals surface area contributed by atoms with Crippen LogP contribution in [0.5, 0.6) is 0 Å². The number of H-pyrrole nitrogens is 1. The molecule has 2 aromatic rings. The Hall–Kier alpha value is -3.22. The number of anilines is 1. The van der Waals surface area contributed by atoms with Gasteiger partial charge in [-0.15, -0.1) is 0 Å². The van der Waals surface area contributed by atoms with Gasteiger partial charge in [-0.3, -0.25) is 14.9 Å². The Morgan fingerprint density at radius 2 is 1.90 bits per heavy atom. The van der Waals surface area contributed by atoms with E-state index in [-0.39, 0.29) is 18.2 Å².